The number of hydrogen-bond donors (Lipinski definition) is 2. The molecule has 9 heteroatoms. The van der Waals surface area contributed by atoms with Crippen molar-refractivity contribution in [3.8, 4) is 0 Å². The SMILES string of the molecule is Nc1ncc(Br)c(Nc2cc(Cl)cc(C(F)(F)F)c2)n1. The second-order valence-corrected chi connectivity index (χ2v) is 5.07. The molecule has 0 aliphatic carbocycles. The first-order valence-electron chi connectivity index (χ1n) is 5.18. The minimum atomic E-state index is -4.48. The molecule has 0 atom stereocenters. The summed E-state index contributed by atoms with van der Waals surface area (Å²) in [7, 11) is 0. The van der Waals surface area contributed by atoms with E-state index in [0.29, 0.717) is 4.47 Å². The van der Waals surface area contributed by atoms with Crippen LogP contribution in [0.15, 0.2) is 28.9 Å². The Kier molecular flexibility index (Phi) is 4.05. The summed E-state index contributed by atoms with van der Waals surface area (Å²) in [6.45, 7) is 0. The summed E-state index contributed by atoms with van der Waals surface area (Å²) in [4.78, 5) is 7.60. The summed E-state index contributed by atoms with van der Waals surface area (Å²) in [6, 6.07) is 3.12. The molecule has 1 heterocycles. The Morgan fingerprint density at radius 2 is 1.95 bits per heavy atom. The van der Waals surface area contributed by atoms with Gasteiger partial charge < -0.3 is 11.1 Å². The summed E-state index contributed by atoms with van der Waals surface area (Å²) in [6.07, 6.45) is -3.09. The van der Waals surface area contributed by atoms with E-state index in [2.05, 4.69) is 31.2 Å². The zero-order valence-electron chi connectivity index (χ0n) is 9.67. The molecule has 0 saturated carbocycles. The Bertz CT molecular complexity index is 648. The largest absolute Gasteiger partial charge is 0.416 e. The monoisotopic (exact) mass is 366 g/mol. The van der Waals surface area contributed by atoms with Gasteiger partial charge in [0, 0.05) is 16.9 Å². The number of nitrogens with zero attached hydrogens (tertiary/aromatic N) is 2. The van der Waals surface area contributed by atoms with Crippen molar-refractivity contribution in [2.24, 2.45) is 0 Å². The quantitative estimate of drug-likeness (QED) is 0.833. The van der Waals surface area contributed by atoms with E-state index in [1.54, 1.807) is 0 Å². The third-order valence-corrected chi connectivity index (χ3v) is 3.05. The van der Waals surface area contributed by atoms with Crippen molar-refractivity contribution in [1.29, 1.82) is 0 Å². The number of alkyl halides is 3. The molecule has 2 aromatic rings. The van der Waals surface area contributed by atoms with E-state index >= 15 is 0 Å². The maximum absolute atomic E-state index is 12.7. The van der Waals surface area contributed by atoms with E-state index in [1.165, 1.54) is 12.3 Å². The Balaban J connectivity index is 2.39. The molecule has 0 unspecified atom stereocenters. The van der Waals surface area contributed by atoms with Gasteiger partial charge >= 0.3 is 6.18 Å². The highest BCUT2D eigenvalue weighted by Gasteiger charge is 2.31. The molecule has 20 heavy (non-hydrogen) atoms. The van der Waals surface area contributed by atoms with Crippen LogP contribution >= 0.6 is 27.5 Å². The molecular formula is C11H7BrClF3N4. The topological polar surface area (TPSA) is 63.8 Å². The van der Waals surface area contributed by atoms with Crippen LogP contribution in [0.4, 0.5) is 30.6 Å². The van der Waals surface area contributed by atoms with Gasteiger partial charge in [0.2, 0.25) is 5.95 Å². The molecule has 1 aromatic heterocycles. The lowest BCUT2D eigenvalue weighted by molar-refractivity contribution is -0.137. The first-order chi connectivity index (χ1) is 9.25. The summed E-state index contributed by atoms with van der Waals surface area (Å²) < 4.78 is 38.5. The van der Waals surface area contributed by atoms with E-state index in [4.69, 9.17) is 17.3 Å². The number of benzene rings is 1. The van der Waals surface area contributed by atoms with E-state index in [1.807, 2.05) is 0 Å². The minimum Gasteiger partial charge on any atom is -0.368 e. The Hall–Kier alpha value is -1.54. The number of aromatic nitrogens is 2. The van der Waals surface area contributed by atoms with Gasteiger partial charge in [0.05, 0.1) is 10.0 Å². The number of rotatable bonds is 2. The number of nitrogen functional groups attached to an aromatic ring is 1. The predicted octanol–water partition coefficient (Wildman–Crippen LogP) is 4.24. The maximum Gasteiger partial charge on any atom is 0.416 e. The number of hydrogen-bond acceptors (Lipinski definition) is 4. The smallest absolute Gasteiger partial charge is 0.368 e. The third-order valence-electron chi connectivity index (χ3n) is 2.25. The van der Waals surface area contributed by atoms with Crippen LogP contribution in [0.2, 0.25) is 5.02 Å². The van der Waals surface area contributed by atoms with Gasteiger partial charge in [-0.2, -0.15) is 18.2 Å². The predicted molar refractivity (Wildman–Crippen MR) is 73.9 cm³/mol. The fourth-order valence-corrected chi connectivity index (χ4v) is 1.96. The standard InChI is InChI=1S/C11H7BrClF3N4/c12-8-4-18-10(17)20-9(8)19-7-2-5(11(14,15)16)1-6(13)3-7/h1-4H,(H3,17,18,19,20). The van der Waals surface area contributed by atoms with Crippen LogP contribution in [-0.2, 0) is 6.18 Å². The highest BCUT2D eigenvalue weighted by Crippen LogP contribution is 2.34. The second kappa shape index (κ2) is 5.45. The van der Waals surface area contributed by atoms with Crippen molar-refractivity contribution in [2.75, 3.05) is 11.1 Å². The van der Waals surface area contributed by atoms with Gasteiger partial charge in [-0.15, -0.1) is 0 Å². The van der Waals surface area contributed by atoms with Crippen LogP contribution < -0.4 is 11.1 Å². The number of nitrogens with two attached hydrogens (primary N) is 1. The molecule has 106 valence electrons. The number of nitrogens with one attached hydrogen (secondary N) is 1. The fourth-order valence-electron chi connectivity index (χ4n) is 1.43. The average molecular weight is 368 g/mol. The summed E-state index contributed by atoms with van der Waals surface area (Å²) in [5.41, 5.74) is 4.71. The average Bonchev–Trinajstić information content (AvgIpc) is 2.32. The highest BCUT2D eigenvalue weighted by molar-refractivity contribution is 9.10. The third kappa shape index (κ3) is 3.51. The van der Waals surface area contributed by atoms with Crippen LogP contribution in [0.3, 0.4) is 0 Å². The normalized spacial score (nSPS) is 11.4. The van der Waals surface area contributed by atoms with Crippen molar-refractivity contribution in [3.05, 3.63) is 39.5 Å². The van der Waals surface area contributed by atoms with Gasteiger partial charge in [0.15, 0.2) is 0 Å². The molecule has 0 fully saturated rings. The lowest BCUT2D eigenvalue weighted by atomic mass is 10.2. The van der Waals surface area contributed by atoms with Crippen molar-refractivity contribution < 1.29 is 13.2 Å². The Morgan fingerprint density at radius 3 is 2.60 bits per heavy atom. The second-order valence-electron chi connectivity index (χ2n) is 3.78. The molecule has 4 nitrogen and oxygen atoms in total. The van der Waals surface area contributed by atoms with Gasteiger partial charge in [-0.05, 0) is 34.1 Å². The molecule has 0 saturated heterocycles. The van der Waals surface area contributed by atoms with Gasteiger partial charge in [0.1, 0.15) is 5.82 Å². The Morgan fingerprint density at radius 1 is 1.25 bits per heavy atom. The van der Waals surface area contributed by atoms with E-state index in [9.17, 15) is 13.2 Å². The van der Waals surface area contributed by atoms with Crippen LogP contribution in [0.25, 0.3) is 0 Å². The van der Waals surface area contributed by atoms with Gasteiger partial charge in [-0.1, -0.05) is 11.6 Å². The van der Waals surface area contributed by atoms with Crippen molar-refractivity contribution in [3.63, 3.8) is 0 Å². The molecule has 2 rings (SSSR count). The fraction of sp³-hybridized carbons (Fsp3) is 0.0909. The summed E-state index contributed by atoms with van der Waals surface area (Å²) in [5.74, 6) is 0.238. The van der Waals surface area contributed by atoms with Crippen LogP contribution in [0.1, 0.15) is 5.56 Å². The lowest BCUT2D eigenvalue weighted by Gasteiger charge is -2.12. The zero-order chi connectivity index (χ0) is 14.9. The number of halogens is 5. The molecule has 0 bridgehead atoms. The Labute approximate surface area is 125 Å². The molecular weight excluding hydrogens is 360 g/mol. The molecule has 0 radical (unpaired) electrons. The first-order valence-corrected chi connectivity index (χ1v) is 6.35. The van der Waals surface area contributed by atoms with Crippen molar-refractivity contribution >= 4 is 45.0 Å². The van der Waals surface area contributed by atoms with Crippen LogP contribution in [-0.4, -0.2) is 9.97 Å². The van der Waals surface area contributed by atoms with E-state index in [-0.39, 0.29) is 22.5 Å². The molecule has 0 aliphatic heterocycles. The summed E-state index contributed by atoms with van der Waals surface area (Å²) in [5, 5.41) is 2.66. The van der Waals surface area contributed by atoms with Crippen molar-refractivity contribution in [1.82, 2.24) is 9.97 Å². The summed E-state index contributed by atoms with van der Waals surface area (Å²) >= 11 is 8.85. The van der Waals surface area contributed by atoms with Crippen LogP contribution in [0, 0.1) is 0 Å². The highest BCUT2D eigenvalue weighted by atomic mass is 79.9. The van der Waals surface area contributed by atoms with Gasteiger partial charge in [-0.25, -0.2) is 4.98 Å². The molecule has 3 N–H and O–H groups in total. The van der Waals surface area contributed by atoms with Gasteiger partial charge in [-0.3, -0.25) is 0 Å². The zero-order valence-corrected chi connectivity index (χ0v) is 12.0. The molecule has 0 aliphatic rings. The van der Waals surface area contributed by atoms with E-state index < -0.39 is 11.7 Å². The van der Waals surface area contributed by atoms with E-state index in [0.717, 1.165) is 12.1 Å². The van der Waals surface area contributed by atoms with Crippen molar-refractivity contribution in [2.45, 2.75) is 6.18 Å². The van der Waals surface area contributed by atoms with Gasteiger partial charge in [0.25, 0.3) is 0 Å². The molecule has 0 spiro atoms. The first kappa shape index (κ1) is 14.9. The minimum absolute atomic E-state index is 0.00577. The molecule has 0 amide bonds. The van der Waals surface area contributed by atoms with Crippen LogP contribution in [0.5, 0.6) is 0 Å². The molecule has 1 aromatic carbocycles. The number of anilines is 3. The maximum atomic E-state index is 12.7. The lowest BCUT2D eigenvalue weighted by Crippen LogP contribution is -2.06.